The summed E-state index contributed by atoms with van der Waals surface area (Å²) in [5.74, 6) is 5.85. The molecule has 0 atom stereocenters. The molecule has 0 saturated carbocycles. The Morgan fingerprint density at radius 1 is 1.45 bits per heavy atom. The highest BCUT2D eigenvalue weighted by Gasteiger charge is 2.14. The van der Waals surface area contributed by atoms with Crippen LogP contribution < -0.4 is 11.3 Å². The summed E-state index contributed by atoms with van der Waals surface area (Å²) in [6, 6.07) is 2.12. The molecule has 3 aromatic rings. The summed E-state index contributed by atoms with van der Waals surface area (Å²) in [7, 11) is 1.85. The Morgan fingerprint density at radius 2 is 2.30 bits per heavy atom. The molecule has 0 saturated heterocycles. The van der Waals surface area contributed by atoms with Gasteiger partial charge in [0.05, 0.1) is 0 Å². The van der Waals surface area contributed by atoms with Crippen LogP contribution in [0, 0.1) is 0 Å². The molecule has 3 heterocycles. The minimum Gasteiger partial charge on any atom is -0.292 e. The quantitative estimate of drug-likeness (QED) is 0.431. The SMILES string of the molecule is CCc1cc2c(Sc3ncnn3C)nc(NN)nc2s1. The van der Waals surface area contributed by atoms with Crippen LogP contribution >= 0.6 is 23.1 Å². The molecule has 0 aliphatic rings. The van der Waals surface area contributed by atoms with Crippen molar-refractivity contribution in [3.05, 3.63) is 17.3 Å². The number of nitrogens with one attached hydrogen (secondary N) is 1. The van der Waals surface area contributed by atoms with Crippen LogP contribution in [0.25, 0.3) is 10.2 Å². The Morgan fingerprint density at radius 3 is 2.95 bits per heavy atom. The highest BCUT2D eigenvalue weighted by molar-refractivity contribution is 7.99. The van der Waals surface area contributed by atoms with E-state index in [-0.39, 0.29) is 0 Å². The zero-order valence-electron chi connectivity index (χ0n) is 11.0. The average Bonchev–Trinajstić information content (AvgIpc) is 3.05. The second-order valence-electron chi connectivity index (χ2n) is 4.05. The monoisotopic (exact) mass is 307 g/mol. The Hall–Kier alpha value is -1.71. The summed E-state index contributed by atoms with van der Waals surface area (Å²) in [6.45, 7) is 2.12. The molecule has 0 spiro atoms. The fraction of sp³-hybridized carbons (Fsp3) is 0.273. The number of thiophene rings is 1. The first-order chi connectivity index (χ1) is 9.71. The lowest BCUT2D eigenvalue weighted by Gasteiger charge is -2.04. The molecule has 0 bridgehead atoms. The summed E-state index contributed by atoms with van der Waals surface area (Å²) in [5.41, 5.74) is 2.51. The first-order valence-electron chi connectivity index (χ1n) is 6.00. The van der Waals surface area contributed by atoms with Gasteiger partial charge in [-0.2, -0.15) is 5.10 Å². The van der Waals surface area contributed by atoms with E-state index in [2.05, 4.69) is 38.5 Å². The van der Waals surface area contributed by atoms with Gasteiger partial charge in [-0.1, -0.05) is 6.92 Å². The van der Waals surface area contributed by atoms with Crippen LogP contribution in [0.15, 0.2) is 22.6 Å². The van der Waals surface area contributed by atoms with Crippen molar-refractivity contribution in [2.75, 3.05) is 5.43 Å². The third kappa shape index (κ3) is 2.35. The van der Waals surface area contributed by atoms with Crippen LogP contribution in [0.4, 0.5) is 5.95 Å². The summed E-state index contributed by atoms with van der Waals surface area (Å²) in [5, 5.41) is 6.69. The Kier molecular flexibility index (Phi) is 3.55. The fourth-order valence-electron chi connectivity index (χ4n) is 1.73. The lowest BCUT2D eigenvalue weighted by atomic mass is 10.3. The molecule has 0 radical (unpaired) electrons. The number of hydrogen-bond donors (Lipinski definition) is 2. The number of hydrazine groups is 1. The lowest BCUT2D eigenvalue weighted by molar-refractivity contribution is 0.685. The highest BCUT2D eigenvalue weighted by atomic mass is 32.2. The summed E-state index contributed by atoms with van der Waals surface area (Å²) < 4.78 is 1.71. The maximum Gasteiger partial charge on any atom is 0.239 e. The third-order valence-electron chi connectivity index (χ3n) is 2.74. The van der Waals surface area contributed by atoms with Crippen molar-refractivity contribution >= 4 is 39.3 Å². The van der Waals surface area contributed by atoms with E-state index >= 15 is 0 Å². The molecule has 0 fully saturated rings. The van der Waals surface area contributed by atoms with Gasteiger partial charge in [0.15, 0.2) is 5.16 Å². The van der Waals surface area contributed by atoms with Crippen molar-refractivity contribution in [1.29, 1.82) is 0 Å². The smallest absolute Gasteiger partial charge is 0.239 e. The molecule has 0 aliphatic heterocycles. The number of nitrogens with two attached hydrogens (primary N) is 1. The predicted molar refractivity (Wildman–Crippen MR) is 79.7 cm³/mol. The normalized spacial score (nSPS) is 11.2. The van der Waals surface area contributed by atoms with Crippen LogP contribution in [-0.4, -0.2) is 24.7 Å². The molecule has 0 amide bonds. The van der Waals surface area contributed by atoms with Crippen molar-refractivity contribution in [3.8, 4) is 0 Å². The van der Waals surface area contributed by atoms with E-state index in [1.54, 1.807) is 16.0 Å². The third-order valence-corrected chi connectivity index (χ3v) is 4.97. The Bertz CT molecular complexity index is 748. The van der Waals surface area contributed by atoms with E-state index in [1.807, 2.05) is 7.05 Å². The molecular formula is C11H13N7S2. The van der Waals surface area contributed by atoms with Gasteiger partial charge in [0.2, 0.25) is 5.95 Å². The highest BCUT2D eigenvalue weighted by Crippen LogP contribution is 2.35. The number of fused-ring (bicyclic) bond motifs is 1. The fourth-order valence-corrected chi connectivity index (χ4v) is 3.61. The van der Waals surface area contributed by atoms with Gasteiger partial charge in [-0.15, -0.1) is 11.3 Å². The van der Waals surface area contributed by atoms with E-state index in [0.717, 1.165) is 26.8 Å². The molecule has 7 nitrogen and oxygen atoms in total. The zero-order chi connectivity index (χ0) is 14.1. The molecule has 104 valence electrons. The molecule has 0 aliphatic carbocycles. The van der Waals surface area contributed by atoms with Gasteiger partial charge in [-0.05, 0) is 24.2 Å². The predicted octanol–water partition coefficient (Wildman–Crippen LogP) is 1.82. The average molecular weight is 307 g/mol. The number of nitrogens with zero attached hydrogens (tertiary/aromatic N) is 5. The summed E-state index contributed by atoms with van der Waals surface area (Å²) in [4.78, 5) is 15.2. The Labute approximate surface area is 123 Å². The van der Waals surface area contributed by atoms with Crippen molar-refractivity contribution in [2.45, 2.75) is 23.5 Å². The van der Waals surface area contributed by atoms with Gasteiger partial charge in [0, 0.05) is 17.3 Å². The molecule has 3 aromatic heterocycles. The molecule has 3 rings (SSSR count). The first kappa shape index (κ1) is 13.3. The van der Waals surface area contributed by atoms with Crippen LogP contribution in [0.1, 0.15) is 11.8 Å². The van der Waals surface area contributed by atoms with Crippen LogP contribution in [0.2, 0.25) is 0 Å². The largest absolute Gasteiger partial charge is 0.292 e. The maximum absolute atomic E-state index is 5.44. The van der Waals surface area contributed by atoms with Crippen LogP contribution in [-0.2, 0) is 13.5 Å². The van der Waals surface area contributed by atoms with Gasteiger partial charge in [0.1, 0.15) is 16.2 Å². The summed E-state index contributed by atoms with van der Waals surface area (Å²) in [6.07, 6.45) is 2.49. The first-order valence-corrected chi connectivity index (χ1v) is 7.63. The van der Waals surface area contributed by atoms with Crippen molar-refractivity contribution in [2.24, 2.45) is 12.9 Å². The minimum absolute atomic E-state index is 0.409. The molecule has 9 heteroatoms. The molecule has 20 heavy (non-hydrogen) atoms. The number of anilines is 1. The molecule has 0 unspecified atom stereocenters. The lowest BCUT2D eigenvalue weighted by Crippen LogP contribution is -2.10. The minimum atomic E-state index is 0.409. The van der Waals surface area contributed by atoms with E-state index < -0.39 is 0 Å². The van der Waals surface area contributed by atoms with Gasteiger partial charge >= 0.3 is 0 Å². The van der Waals surface area contributed by atoms with Crippen molar-refractivity contribution in [1.82, 2.24) is 24.7 Å². The van der Waals surface area contributed by atoms with Crippen LogP contribution in [0.3, 0.4) is 0 Å². The number of nitrogen functional groups attached to an aromatic ring is 1. The number of aromatic nitrogens is 5. The topological polar surface area (TPSA) is 94.5 Å². The number of hydrogen-bond acceptors (Lipinski definition) is 8. The molecule has 0 aromatic carbocycles. The van der Waals surface area contributed by atoms with E-state index in [1.165, 1.54) is 23.0 Å². The summed E-state index contributed by atoms with van der Waals surface area (Å²) >= 11 is 3.11. The Balaban J connectivity index is 2.12. The second-order valence-corrected chi connectivity index (χ2v) is 6.12. The molecule has 3 N–H and O–H groups in total. The number of rotatable bonds is 4. The van der Waals surface area contributed by atoms with E-state index in [9.17, 15) is 0 Å². The van der Waals surface area contributed by atoms with Gasteiger partial charge in [-0.3, -0.25) is 5.43 Å². The van der Waals surface area contributed by atoms with Gasteiger partial charge < -0.3 is 0 Å². The molecular weight excluding hydrogens is 294 g/mol. The van der Waals surface area contributed by atoms with Crippen molar-refractivity contribution in [3.63, 3.8) is 0 Å². The van der Waals surface area contributed by atoms with Gasteiger partial charge in [0.25, 0.3) is 0 Å². The zero-order valence-corrected chi connectivity index (χ0v) is 12.6. The maximum atomic E-state index is 5.44. The second kappa shape index (κ2) is 5.35. The van der Waals surface area contributed by atoms with E-state index in [4.69, 9.17) is 5.84 Å². The van der Waals surface area contributed by atoms with Crippen molar-refractivity contribution < 1.29 is 0 Å². The number of aryl methyl sites for hydroxylation is 2. The van der Waals surface area contributed by atoms with Crippen LogP contribution in [0.5, 0.6) is 0 Å². The van der Waals surface area contributed by atoms with E-state index in [0.29, 0.717) is 5.95 Å². The van der Waals surface area contributed by atoms with Gasteiger partial charge in [-0.25, -0.2) is 25.5 Å². The standard InChI is InChI=1S/C11H13N7S2/c1-3-6-4-7-8(19-6)15-10(17-12)16-9(7)20-11-13-5-14-18(11)2/h4-5H,3,12H2,1-2H3,(H,15,16,17).